The molecule has 1 aliphatic heterocycles. The van der Waals surface area contributed by atoms with E-state index < -0.39 is 11.6 Å². The van der Waals surface area contributed by atoms with Crippen molar-refractivity contribution in [2.24, 2.45) is 0 Å². The number of benzene rings is 1. The molecule has 0 unspecified atom stereocenters. The van der Waals surface area contributed by atoms with Gasteiger partial charge in [0, 0.05) is 25.6 Å². The zero-order chi connectivity index (χ0) is 14.7. The van der Waals surface area contributed by atoms with Crippen LogP contribution in [0, 0.1) is 11.6 Å². The van der Waals surface area contributed by atoms with Gasteiger partial charge in [-0.05, 0) is 12.7 Å². The highest BCUT2D eigenvalue weighted by molar-refractivity contribution is 7.98. The Labute approximate surface area is 120 Å². The molecular formula is C14H15F2NO2S. The number of hydrogen-bond acceptors (Lipinski definition) is 3. The van der Waals surface area contributed by atoms with Crippen molar-refractivity contribution < 1.29 is 18.3 Å². The predicted octanol–water partition coefficient (Wildman–Crippen LogP) is 3.26. The molecule has 0 bridgehead atoms. The van der Waals surface area contributed by atoms with Crippen LogP contribution in [0.25, 0.3) is 5.70 Å². The van der Waals surface area contributed by atoms with Crippen LogP contribution in [-0.2, 0) is 4.79 Å². The molecule has 2 rings (SSSR count). The van der Waals surface area contributed by atoms with Crippen LogP contribution in [0.2, 0.25) is 0 Å². The molecular weight excluding hydrogens is 284 g/mol. The third-order valence-electron chi connectivity index (χ3n) is 3.05. The predicted molar refractivity (Wildman–Crippen MR) is 75.3 cm³/mol. The van der Waals surface area contributed by atoms with E-state index in [0.29, 0.717) is 18.8 Å². The van der Waals surface area contributed by atoms with Gasteiger partial charge in [0.05, 0.1) is 11.3 Å². The minimum atomic E-state index is -0.728. The fraction of sp³-hybridized carbons (Fsp3) is 0.357. The summed E-state index contributed by atoms with van der Waals surface area (Å²) in [5.74, 6) is -1.14. The second-order valence-electron chi connectivity index (χ2n) is 4.39. The first kappa shape index (κ1) is 14.8. The van der Waals surface area contributed by atoms with Gasteiger partial charge in [0.1, 0.15) is 23.3 Å². The Kier molecular flexibility index (Phi) is 4.65. The Morgan fingerprint density at radius 3 is 2.60 bits per heavy atom. The number of thioether (sulfide) groups is 1. The molecule has 1 heterocycles. The van der Waals surface area contributed by atoms with E-state index in [1.54, 1.807) is 6.08 Å². The summed E-state index contributed by atoms with van der Waals surface area (Å²) in [5, 5.41) is 0. The van der Waals surface area contributed by atoms with Gasteiger partial charge in [0.15, 0.2) is 0 Å². The molecule has 0 radical (unpaired) electrons. The molecule has 1 amide bonds. The highest BCUT2D eigenvalue weighted by Gasteiger charge is 2.24. The Bertz CT molecular complexity index is 537. The maximum atomic E-state index is 14.1. The van der Waals surface area contributed by atoms with Crippen molar-refractivity contribution in [1.29, 1.82) is 0 Å². The van der Waals surface area contributed by atoms with E-state index in [9.17, 15) is 13.6 Å². The number of amides is 1. The summed E-state index contributed by atoms with van der Waals surface area (Å²) in [6.07, 6.45) is 4.35. The molecule has 0 saturated heterocycles. The minimum Gasteiger partial charge on any atom is -0.483 e. The van der Waals surface area contributed by atoms with Gasteiger partial charge in [0.25, 0.3) is 0 Å². The fourth-order valence-corrected chi connectivity index (χ4v) is 2.30. The number of hydrogen-bond donors (Lipinski definition) is 0. The number of halogens is 2. The van der Waals surface area contributed by atoms with Crippen LogP contribution in [0.3, 0.4) is 0 Å². The molecule has 20 heavy (non-hydrogen) atoms. The van der Waals surface area contributed by atoms with Crippen molar-refractivity contribution in [2.45, 2.75) is 12.8 Å². The lowest BCUT2D eigenvalue weighted by atomic mass is 10.0. The molecule has 6 heteroatoms. The number of carbonyl (C=O) groups excluding carboxylic acids is 1. The summed E-state index contributed by atoms with van der Waals surface area (Å²) >= 11 is 1.41. The molecule has 0 aliphatic carbocycles. The summed E-state index contributed by atoms with van der Waals surface area (Å²) in [6.45, 7) is 0. The van der Waals surface area contributed by atoms with Gasteiger partial charge >= 0.3 is 0 Å². The molecule has 0 fully saturated rings. The van der Waals surface area contributed by atoms with E-state index in [2.05, 4.69) is 0 Å². The Balaban J connectivity index is 2.37. The van der Waals surface area contributed by atoms with E-state index in [1.807, 2.05) is 6.26 Å². The van der Waals surface area contributed by atoms with E-state index in [-0.39, 0.29) is 22.9 Å². The van der Waals surface area contributed by atoms with Gasteiger partial charge in [-0.25, -0.2) is 8.78 Å². The average molecular weight is 299 g/mol. The Morgan fingerprint density at radius 2 is 2.00 bits per heavy atom. The van der Waals surface area contributed by atoms with Gasteiger partial charge < -0.3 is 9.64 Å². The van der Waals surface area contributed by atoms with Gasteiger partial charge in [-0.2, -0.15) is 0 Å². The minimum absolute atomic E-state index is 0.142. The number of rotatable bonds is 4. The van der Waals surface area contributed by atoms with Gasteiger partial charge in [-0.15, -0.1) is 11.8 Å². The molecule has 0 aromatic heterocycles. The highest BCUT2D eigenvalue weighted by Crippen LogP contribution is 2.31. The van der Waals surface area contributed by atoms with Crippen molar-refractivity contribution in [3.63, 3.8) is 0 Å². The number of nitrogens with zero attached hydrogens (tertiary/aromatic N) is 1. The normalized spacial score (nSPS) is 15.3. The topological polar surface area (TPSA) is 29.5 Å². The van der Waals surface area contributed by atoms with Crippen LogP contribution < -0.4 is 4.74 Å². The Hall–Kier alpha value is -1.56. The van der Waals surface area contributed by atoms with Crippen LogP contribution >= 0.6 is 11.8 Å². The lowest BCUT2D eigenvalue weighted by Gasteiger charge is -2.25. The lowest BCUT2D eigenvalue weighted by molar-refractivity contribution is -0.127. The summed E-state index contributed by atoms with van der Waals surface area (Å²) in [4.78, 5) is 12.9. The monoisotopic (exact) mass is 299 g/mol. The molecule has 0 N–H and O–H groups in total. The van der Waals surface area contributed by atoms with E-state index in [1.165, 1.54) is 23.7 Å². The molecule has 1 aromatic carbocycles. The van der Waals surface area contributed by atoms with Gasteiger partial charge in [0.2, 0.25) is 5.91 Å². The average Bonchev–Trinajstić information content (AvgIpc) is 2.40. The lowest BCUT2D eigenvalue weighted by Crippen LogP contribution is -2.28. The quantitative estimate of drug-likeness (QED) is 0.799. The van der Waals surface area contributed by atoms with Crippen molar-refractivity contribution in [2.75, 3.05) is 19.2 Å². The van der Waals surface area contributed by atoms with Gasteiger partial charge in [-0.1, -0.05) is 6.08 Å². The number of ether oxygens (including phenoxy) is 1. The molecule has 0 saturated carbocycles. The van der Waals surface area contributed by atoms with E-state index >= 15 is 0 Å². The molecule has 108 valence electrons. The second-order valence-corrected chi connectivity index (χ2v) is 5.21. The van der Waals surface area contributed by atoms with Crippen LogP contribution in [0.4, 0.5) is 8.78 Å². The van der Waals surface area contributed by atoms with Crippen LogP contribution in [0.1, 0.15) is 18.4 Å². The summed E-state index contributed by atoms with van der Waals surface area (Å²) in [5.41, 5.74) is 0.0877. The van der Waals surface area contributed by atoms with Gasteiger partial charge in [-0.3, -0.25) is 4.79 Å². The summed E-state index contributed by atoms with van der Waals surface area (Å²) < 4.78 is 33.4. The van der Waals surface area contributed by atoms with E-state index in [4.69, 9.17) is 4.74 Å². The zero-order valence-corrected chi connectivity index (χ0v) is 12.1. The third-order valence-corrected chi connectivity index (χ3v) is 3.40. The maximum absolute atomic E-state index is 14.1. The third kappa shape index (κ3) is 2.95. The van der Waals surface area contributed by atoms with Crippen LogP contribution in [0.15, 0.2) is 18.2 Å². The van der Waals surface area contributed by atoms with E-state index in [0.717, 1.165) is 12.1 Å². The molecule has 1 aromatic rings. The largest absolute Gasteiger partial charge is 0.483 e. The molecule has 1 aliphatic rings. The standard InChI is InChI=1S/C14H15F2NO2S/c1-17-12(4-3-5-13(17)18)14-10(15)6-9(7-11(14)16)19-8-20-2/h4,6-7H,3,5,8H2,1-2H3. The Morgan fingerprint density at radius 1 is 1.35 bits per heavy atom. The summed E-state index contributed by atoms with van der Waals surface area (Å²) in [6, 6.07) is 2.28. The summed E-state index contributed by atoms with van der Waals surface area (Å²) in [7, 11) is 1.52. The smallest absolute Gasteiger partial charge is 0.227 e. The first-order valence-electron chi connectivity index (χ1n) is 6.12. The zero-order valence-electron chi connectivity index (χ0n) is 11.3. The van der Waals surface area contributed by atoms with Crippen LogP contribution in [-0.4, -0.2) is 30.0 Å². The molecule has 3 nitrogen and oxygen atoms in total. The SMILES string of the molecule is CSCOc1cc(F)c(C2=CCCC(=O)N2C)c(F)c1. The number of carbonyl (C=O) groups is 1. The number of allylic oxidation sites excluding steroid dienone is 1. The van der Waals surface area contributed by atoms with Crippen molar-refractivity contribution >= 4 is 23.4 Å². The van der Waals surface area contributed by atoms with Crippen molar-refractivity contribution in [1.82, 2.24) is 4.90 Å². The molecule has 0 spiro atoms. The second kappa shape index (κ2) is 6.26. The van der Waals surface area contributed by atoms with Crippen molar-refractivity contribution in [3.8, 4) is 5.75 Å². The molecule has 0 atom stereocenters. The van der Waals surface area contributed by atoms with Crippen molar-refractivity contribution in [3.05, 3.63) is 35.4 Å². The van der Waals surface area contributed by atoms with Crippen LogP contribution in [0.5, 0.6) is 5.75 Å². The first-order valence-corrected chi connectivity index (χ1v) is 7.52. The first-order chi connectivity index (χ1) is 9.54. The maximum Gasteiger partial charge on any atom is 0.227 e. The highest BCUT2D eigenvalue weighted by atomic mass is 32.2. The fourth-order valence-electron chi connectivity index (χ4n) is 2.05.